The summed E-state index contributed by atoms with van der Waals surface area (Å²) in [4.78, 5) is 20.3. The average Bonchev–Trinajstić information content (AvgIpc) is 3.00. The Morgan fingerprint density at radius 1 is 1.03 bits per heavy atom. The first-order chi connectivity index (χ1) is 16.1. The SMILES string of the molecule is CCCC1=Nc2cc(C(=O)NC(C)c3ccc4c(c3)OCCO4)ccc2Sc2ccccc21. The van der Waals surface area contributed by atoms with E-state index in [1.165, 1.54) is 10.5 Å². The Bertz CT molecular complexity index is 1240. The van der Waals surface area contributed by atoms with Gasteiger partial charge in [-0.05, 0) is 55.3 Å². The van der Waals surface area contributed by atoms with Crippen molar-refractivity contribution in [3.05, 3.63) is 77.4 Å². The summed E-state index contributed by atoms with van der Waals surface area (Å²) in [5.74, 6) is 1.34. The zero-order chi connectivity index (χ0) is 22.8. The normalized spacial score (nSPS) is 14.9. The molecule has 6 heteroatoms. The van der Waals surface area contributed by atoms with Gasteiger partial charge in [-0.1, -0.05) is 49.4 Å². The van der Waals surface area contributed by atoms with E-state index in [4.69, 9.17) is 14.5 Å². The van der Waals surface area contributed by atoms with Crippen LogP contribution in [0, 0.1) is 0 Å². The maximum atomic E-state index is 13.1. The van der Waals surface area contributed by atoms with Gasteiger partial charge in [-0.2, -0.15) is 0 Å². The van der Waals surface area contributed by atoms with Crippen molar-refractivity contribution in [3.8, 4) is 11.5 Å². The van der Waals surface area contributed by atoms with Gasteiger partial charge in [0.25, 0.3) is 5.91 Å². The monoisotopic (exact) mass is 458 g/mol. The molecule has 0 aromatic heterocycles. The molecule has 3 aromatic carbocycles. The highest BCUT2D eigenvalue weighted by Gasteiger charge is 2.20. The molecule has 0 saturated heterocycles. The fourth-order valence-electron chi connectivity index (χ4n) is 4.07. The van der Waals surface area contributed by atoms with Gasteiger partial charge in [-0.25, -0.2) is 0 Å². The van der Waals surface area contributed by atoms with Crippen LogP contribution in [0.3, 0.4) is 0 Å². The summed E-state index contributed by atoms with van der Waals surface area (Å²) in [6, 6.07) is 19.8. The molecule has 2 aliphatic rings. The highest BCUT2D eigenvalue weighted by atomic mass is 32.2. The van der Waals surface area contributed by atoms with Crippen LogP contribution in [0.25, 0.3) is 0 Å². The van der Waals surface area contributed by atoms with Crippen molar-refractivity contribution in [3.63, 3.8) is 0 Å². The second-order valence-electron chi connectivity index (χ2n) is 8.19. The molecule has 1 N–H and O–H groups in total. The maximum Gasteiger partial charge on any atom is 0.251 e. The van der Waals surface area contributed by atoms with Gasteiger partial charge < -0.3 is 14.8 Å². The Kier molecular flexibility index (Phi) is 6.09. The average molecular weight is 459 g/mol. The van der Waals surface area contributed by atoms with Gasteiger partial charge in [0.2, 0.25) is 0 Å². The fourth-order valence-corrected chi connectivity index (χ4v) is 5.09. The molecule has 33 heavy (non-hydrogen) atoms. The Morgan fingerprint density at radius 2 is 1.85 bits per heavy atom. The summed E-state index contributed by atoms with van der Waals surface area (Å²) in [7, 11) is 0. The van der Waals surface area contributed by atoms with E-state index in [0.717, 1.165) is 46.2 Å². The van der Waals surface area contributed by atoms with Crippen LogP contribution >= 0.6 is 11.8 Å². The van der Waals surface area contributed by atoms with Crippen molar-refractivity contribution in [2.75, 3.05) is 13.2 Å². The maximum absolute atomic E-state index is 13.1. The highest BCUT2D eigenvalue weighted by molar-refractivity contribution is 7.99. The molecule has 1 unspecified atom stereocenters. The van der Waals surface area contributed by atoms with Gasteiger partial charge in [0.15, 0.2) is 11.5 Å². The molecule has 1 atom stereocenters. The first-order valence-corrected chi connectivity index (χ1v) is 12.1. The van der Waals surface area contributed by atoms with E-state index in [0.29, 0.717) is 18.8 Å². The van der Waals surface area contributed by atoms with Gasteiger partial charge in [0.05, 0.1) is 11.7 Å². The van der Waals surface area contributed by atoms with Crippen LogP contribution < -0.4 is 14.8 Å². The van der Waals surface area contributed by atoms with E-state index in [1.54, 1.807) is 11.8 Å². The minimum Gasteiger partial charge on any atom is -0.486 e. The molecule has 0 aliphatic carbocycles. The van der Waals surface area contributed by atoms with Gasteiger partial charge in [0, 0.05) is 26.6 Å². The molecule has 2 heterocycles. The summed E-state index contributed by atoms with van der Waals surface area (Å²) in [5, 5.41) is 3.10. The lowest BCUT2D eigenvalue weighted by molar-refractivity contribution is 0.0939. The van der Waals surface area contributed by atoms with Crippen LogP contribution in [0.15, 0.2) is 75.4 Å². The van der Waals surface area contributed by atoms with Crippen LogP contribution in [0.1, 0.15) is 54.2 Å². The standard InChI is InChI=1S/C27H26N2O3S/c1-3-6-21-20-7-4-5-8-25(20)33-26-12-10-19(15-22(26)29-21)27(30)28-17(2)18-9-11-23-24(16-18)32-14-13-31-23/h4-5,7-12,15-17H,3,6,13-14H2,1-2H3,(H,28,30). The third kappa shape index (κ3) is 4.48. The van der Waals surface area contributed by atoms with Crippen LogP contribution in [-0.4, -0.2) is 24.8 Å². The van der Waals surface area contributed by atoms with Gasteiger partial charge in [-0.3, -0.25) is 9.79 Å². The summed E-state index contributed by atoms with van der Waals surface area (Å²) < 4.78 is 11.3. The third-order valence-corrected chi connectivity index (χ3v) is 6.94. The van der Waals surface area contributed by atoms with Crippen molar-refractivity contribution in [1.82, 2.24) is 5.32 Å². The molecule has 0 bridgehead atoms. The second kappa shape index (κ2) is 9.32. The van der Waals surface area contributed by atoms with E-state index < -0.39 is 0 Å². The lowest BCUT2D eigenvalue weighted by atomic mass is 10.1. The molecule has 0 fully saturated rings. The number of carbonyl (C=O) groups is 1. The predicted octanol–water partition coefficient (Wildman–Crippen LogP) is 6.33. The summed E-state index contributed by atoms with van der Waals surface area (Å²) in [6.45, 7) is 5.22. The number of nitrogens with one attached hydrogen (secondary N) is 1. The number of rotatable bonds is 5. The Hall–Kier alpha value is -3.25. The number of aliphatic imine (C=N–C) groups is 1. The summed E-state index contributed by atoms with van der Waals surface area (Å²) in [5.41, 5.74) is 4.67. The van der Waals surface area contributed by atoms with E-state index >= 15 is 0 Å². The second-order valence-corrected chi connectivity index (χ2v) is 9.27. The van der Waals surface area contributed by atoms with Crippen molar-refractivity contribution in [2.24, 2.45) is 4.99 Å². The molecule has 0 radical (unpaired) electrons. The zero-order valence-corrected chi connectivity index (χ0v) is 19.6. The Morgan fingerprint density at radius 3 is 2.70 bits per heavy atom. The van der Waals surface area contributed by atoms with E-state index in [2.05, 4.69) is 36.5 Å². The molecule has 0 spiro atoms. The fraction of sp³-hybridized carbons (Fsp3) is 0.259. The Labute approximate surface area is 198 Å². The van der Waals surface area contributed by atoms with Gasteiger partial charge in [0.1, 0.15) is 13.2 Å². The molecule has 5 rings (SSSR count). The van der Waals surface area contributed by atoms with Gasteiger partial charge >= 0.3 is 0 Å². The number of ether oxygens (including phenoxy) is 2. The number of fused-ring (bicyclic) bond motifs is 3. The zero-order valence-electron chi connectivity index (χ0n) is 18.8. The molecule has 1 amide bonds. The Balaban J connectivity index is 1.39. The first kappa shape index (κ1) is 21.6. The highest BCUT2D eigenvalue weighted by Crippen LogP contribution is 2.41. The minimum absolute atomic E-state index is 0.126. The molecule has 3 aromatic rings. The number of carbonyl (C=O) groups excluding carboxylic acids is 1. The minimum atomic E-state index is -0.176. The lowest BCUT2D eigenvalue weighted by Gasteiger charge is -2.21. The summed E-state index contributed by atoms with van der Waals surface area (Å²) in [6.07, 6.45) is 1.91. The number of amides is 1. The quantitative estimate of drug-likeness (QED) is 0.485. The number of nitrogens with zero attached hydrogens (tertiary/aromatic N) is 1. The smallest absolute Gasteiger partial charge is 0.251 e. The van der Waals surface area contributed by atoms with E-state index in [9.17, 15) is 4.79 Å². The van der Waals surface area contributed by atoms with Crippen LogP contribution in [0.2, 0.25) is 0 Å². The first-order valence-electron chi connectivity index (χ1n) is 11.3. The van der Waals surface area contributed by atoms with Crippen LogP contribution in [0.5, 0.6) is 11.5 Å². The number of hydrogen-bond donors (Lipinski definition) is 1. The van der Waals surface area contributed by atoms with E-state index in [1.807, 2.05) is 43.3 Å². The van der Waals surface area contributed by atoms with Crippen molar-refractivity contribution in [2.45, 2.75) is 42.5 Å². The number of hydrogen-bond acceptors (Lipinski definition) is 5. The third-order valence-electron chi connectivity index (χ3n) is 5.80. The topological polar surface area (TPSA) is 59.9 Å². The molecule has 5 nitrogen and oxygen atoms in total. The largest absolute Gasteiger partial charge is 0.486 e. The molecule has 2 aliphatic heterocycles. The van der Waals surface area contributed by atoms with Gasteiger partial charge in [-0.15, -0.1) is 0 Å². The lowest BCUT2D eigenvalue weighted by Crippen LogP contribution is -2.26. The summed E-state index contributed by atoms with van der Waals surface area (Å²) >= 11 is 1.71. The van der Waals surface area contributed by atoms with Crippen molar-refractivity contribution >= 4 is 29.1 Å². The van der Waals surface area contributed by atoms with Crippen molar-refractivity contribution in [1.29, 1.82) is 0 Å². The number of benzene rings is 3. The van der Waals surface area contributed by atoms with Crippen molar-refractivity contribution < 1.29 is 14.3 Å². The molecule has 0 saturated carbocycles. The molecule has 168 valence electrons. The predicted molar refractivity (Wildman–Crippen MR) is 131 cm³/mol. The molecular formula is C27H26N2O3S. The van der Waals surface area contributed by atoms with E-state index in [-0.39, 0.29) is 11.9 Å². The van der Waals surface area contributed by atoms with Crippen LogP contribution in [0.4, 0.5) is 5.69 Å². The molecular weight excluding hydrogens is 432 g/mol. The van der Waals surface area contributed by atoms with Crippen LogP contribution in [-0.2, 0) is 0 Å².